The molecule has 0 amide bonds. The second-order valence-corrected chi connectivity index (χ2v) is 9.25. The summed E-state index contributed by atoms with van der Waals surface area (Å²) in [7, 11) is -3.77. The number of hydrogen-bond acceptors (Lipinski definition) is 5. The molecule has 1 aromatic heterocycles. The number of nitrogens with zero attached hydrogens (tertiary/aromatic N) is 1. The topological polar surface area (TPSA) is 89.3 Å². The van der Waals surface area contributed by atoms with Crippen LogP contribution in [0.15, 0.2) is 10.3 Å². The van der Waals surface area contributed by atoms with E-state index >= 15 is 0 Å². The summed E-state index contributed by atoms with van der Waals surface area (Å²) in [6, 6.07) is 0.983. The van der Waals surface area contributed by atoms with Crippen molar-refractivity contribution in [1.29, 1.82) is 0 Å². The third-order valence-electron chi connectivity index (χ3n) is 3.17. The van der Waals surface area contributed by atoms with Crippen LogP contribution in [0.1, 0.15) is 27.7 Å². The van der Waals surface area contributed by atoms with E-state index in [1.807, 2.05) is 27.7 Å². The van der Waals surface area contributed by atoms with Crippen molar-refractivity contribution in [2.45, 2.75) is 31.9 Å². The maximum Gasteiger partial charge on any atom is 0.300 e. The lowest BCUT2D eigenvalue weighted by atomic mass is 9.82. The van der Waals surface area contributed by atoms with Gasteiger partial charge in [0.05, 0.1) is 4.92 Å². The van der Waals surface area contributed by atoms with Gasteiger partial charge in [0.15, 0.2) is 4.34 Å². The molecule has 0 aliphatic rings. The fourth-order valence-electron chi connectivity index (χ4n) is 1.21. The minimum absolute atomic E-state index is 0.0401. The summed E-state index contributed by atoms with van der Waals surface area (Å²) in [6.45, 7) is 8.23. The molecule has 0 bridgehead atoms. The Morgan fingerprint density at radius 1 is 1.50 bits per heavy atom. The minimum Gasteiger partial charge on any atom is -0.258 e. The van der Waals surface area contributed by atoms with Gasteiger partial charge in [-0.3, -0.25) is 10.1 Å². The highest BCUT2D eigenvalue weighted by atomic mass is 35.5. The molecule has 6 nitrogen and oxygen atoms in total. The van der Waals surface area contributed by atoms with Crippen LogP contribution in [-0.2, 0) is 10.0 Å². The molecule has 1 rings (SSSR count). The Kier molecular flexibility index (Phi) is 5.18. The lowest BCUT2D eigenvalue weighted by Gasteiger charge is -2.27. The van der Waals surface area contributed by atoms with Gasteiger partial charge in [-0.05, 0) is 11.3 Å². The summed E-state index contributed by atoms with van der Waals surface area (Å²) in [5.74, 6) is 0.114. The summed E-state index contributed by atoms with van der Waals surface area (Å²) >= 11 is 6.35. The summed E-state index contributed by atoms with van der Waals surface area (Å²) in [5.41, 5.74) is -0.428. The zero-order chi connectivity index (χ0) is 15.7. The summed E-state index contributed by atoms with van der Waals surface area (Å²) in [6.07, 6.45) is 0. The molecule has 0 aromatic carbocycles. The molecule has 1 heterocycles. The molecule has 0 saturated carbocycles. The monoisotopic (exact) mass is 340 g/mol. The van der Waals surface area contributed by atoms with Crippen LogP contribution in [0.5, 0.6) is 0 Å². The third kappa shape index (κ3) is 4.15. The molecule has 114 valence electrons. The van der Waals surface area contributed by atoms with Crippen LogP contribution >= 0.6 is 22.9 Å². The predicted octanol–water partition coefficient (Wildman–Crippen LogP) is 3.27. The number of nitrogens with one attached hydrogen (secondary N) is 1. The Balaban J connectivity index is 2.90. The first-order chi connectivity index (χ1) is 8.95. The lowest BCUT2D eigenvalue weighted by Crippen LogP contribution is -2.33. The molecule has 1 N–H and O–H groups in total. The summed E-state index contributed by atoms with van der Waals surface area (Å²) in [4.78, 5) is 9.97. The Morgan fingerprint density at radius 2 is 2.05 bits per heavy atom. The van der Waals surface area contributed by atoms with Crippen molar-refractivity contribution in [2.75, 3.05) is 6.54 Å². The molecule has 0 aliphatic carbocycles. The standard InChI is InChI=1S/C11H17ClN2O4S2/c1-7(11(2,3)4)6-13-20(17,18)9-5-8(14(15)16)10(12)19-9/h5,7,13H,6H2,1-4H3. The van der Waals surface area contributed by atoms with E-state index in [4.69, 9.17) is 11.6 Å². The lowest BCUT2D eigenvalue weighted by molar-refractivity contribution is -0.384. The van der Waals surface area contributed by atoms with Crippen LogP contribution in [0.4, 0.5) is 5.69 Å². The van der Waals surface area contributed by atoms with Gasteiger partial charge in [-0.25, -0.2) is 13.1 Å². The van der Waals surface area contributed by atoms with Crippen LogP contribution in [0, 0.1) is 21.4 Å². The van der Waals surface area contributed by atoms with Gasteiger partial charge in [-0.2, -0.15) is 0 Å². The van der Waals surface area contributed by atoms with Crippen LogP contribution in [-0.4, -0.2) is 19.9 Å². The number of rotatable bonds is 5. The van der Waals surface area contributed by atoms with Crippen molar-refractivity contribution < 1.29 is 13.3 Å². The van der Waals surface area contributed by atoms with Gasteiger partial charge in [0.25, 0.3) is 5.69 Å². The molecular formula is C11H17ClN2O4S2. The van der Waals surface area contributed by atoms with Crippen LogP contribution in [0.25, 0.3) is 0 Å². The number of nitro groups is 1. The van der Waals surface area contributed by atoms with Crippen molar-refractivity contribution in [1.82, 2.24) is 4.72 Å². The first-order valence-corrected chi connectivity index (χ1v) is 8.56. The van der Waals surface area contributed by atoms with Gasteiger partial charge >= 0.3 is 0 Å². The number of thiophene rings is 1. The zero-order valence-corrected chi connectivity index (χ0v) is 14.0. The molecule has 0 spiro atoms. The van der Waals surface area contributed by atoms with Crippen LogP contribution < -0.4 is 4.72 Å². The van der Waals surface area contributed by atoms with Crippen molar-refractivity contribution in [3.05, 3.63) is 20.5 Å². The average molecular weight is 341 g/mol. The van der Waals surface area contributed by atoms with Crippen LogP contribution in [0.2, 0.25) is 4.34 Å². The second-order valence-electron chi connectivity index (χ2n) is 5.60. The Labute approximate surface area is 127 Å². The van der Waals surface area contributed by atoms with Gasteiger partial charge in [-0.1, -0.05) is 39.3 Å². The Hall–Kier alpha value is -0.700. The molecular weight excluding hydrogens is 324 g/mol. The highest BCUT2D eigenvalue weighted by Crippen LogP contribution is 2.36. The van der Waals surface area contributed by atoms with E-state index in [0.29, 0.717) is 11.3 Å². The van der Waals surface area contributed by atoms with E-state index in [0.717, 1.165) is 6.07 Å². The molecule has 0 radical (unpaired) electrons. The predicted molar refractivity (Wildman–Crippen MR) is 79.8 cm³/mol. The van der Waals surface area contributed by atoms with Gasteiger partial charge in [0.1, 0.15) is 4.21 Å². The largest absolute Gasteiger partial charge is 0.300 e. The maximum absolute atomic E-state index is 12.1. The van der Waals surface area contributed by atoms with Crippen molar-refractivity contribution in [3.8, 4) is 0 Å². The number of halogens is 1. The van der Waals surface area contributed by atoms with Gasteiger partial charge in [-0.15, -0.1) is 11.3 Å². The smallest absolute Gasteiger partial charge is 0.258 e. The maximum atomic E-state index is 12.1. The molecule has 9 heteroatoms. The number of hydrogen-bond donors (Lipinski definition) is 1. The highest BCUT2D eigenvalue weighted by molar-refractivity contribution is 7.91. The molecule has 0 fully saturated rings. The third-order valence-corrected chi connectivity index (χ3v) is 6.40. The SMILES string of the molecule is CC(CNS(=O)(=O)c1cc([N+](=O)[O-])c(Cl)s1)C(C)(C)C. The van der Waals surface area contributed by atoms with Crippen LogP contribution in [0.3, 0.4) is 0 Å². The van der Waals surface area contributed by atoms with Gasteiger partial charge < -0.3 is 0 Å². The van der Waals surface area contributed by atoms with Crippen molar-refractivity contribution in [2.24, 2.45) is 11.3 Å². The fourth-order valence-corrected chi connectivity index (χ4v) is 4.05. The first-order valence-electron chi connectivity index (χ1n) is 5.88. The Bertz CT molecular complexity index is 604. The normalized spacial score (nSPS) is 14.2. The van der Waals surface area contributed by atoms with E-state index in [-0.39, 0.29) is 32.1 Å². The molecule has 20 heavy (non-hydrogen) atoms. The summed E-state index contributed by atoms with van der Waals surface area (Å²) in [5, 5.41) is 10.7. The zero-order valence-electron chi connectivity index (χ0n) is 11.6. The van der Waals surface area contributed by atoms with Gasteiger partial charge in [0, 0.05) is 12.6 Å². The van der Waals surface area contributed by atoms with E-state index < -0.39 is 14.9 Å². The summed E-state index contributed by atoms with van der Waals surface area (Å²) < 4.78 is 26.3. The number of sulfonamides is 1. The Morgan fingerprint density at radius 3 is 2.45 bits per heavy atom. The van der Waals surface area contributed by atoms with E-state index in [2.05, 4.69) is 4.72 Å². The molecule has 1 aromatic rings. The van der Waals surface area contributed by atoms with E-state index in [9.17, 15) is 18.5 Å². The van der Waals surface area contributed by atoms with Gasteiger partial charge in [0.2, 0.25) is 10.0 Å². The molecule has 1 atom stereocenters. The average Bonchev–Trinajstić information content (AvgIpc) is 2.67. The second kappa shape index (κ2) is 5.97. The van der Waals surface area contributed by atoms with E-state index in [1.165, 1.54) is 0 Å². The molecule has 1 unspecified atom stereocenters. The van der Waals surface area contributed by atoms with Crippen molar-refractivity contribution in [3.63, 3.8) is 0 Å². The molecule has 0 saturated heterocycles. The highest BCUT2D eigenvalue weighted by Gasteiger charge is 2.27. The minimum atomic E-state index is -3.77. The quantitative estimate of drug-likeness (QED) is 0.658. The van der Waals surface area contributed by atoms with E-state index in [1.54, 1.807) is 0 Å². The fraction of sp³-hybridized carbons (Fsp3) is 0.636. The van der Waals surface area contributed by atoms with Crippen molar-refractivity contribution >= 4 is 38.6 Å². The molecule has 0 aliphatic heterocycles. The first kappa shape index (κ1) is 17.4.